The van der Waals surface area contributed by atoms with Gasteiger partial charge in [0.15, 0.2) is 0 Å². The van der Waals surface area contributed by atoms with Gasteiger partial charge >= 0.3 is 12.0 Å². The third-order valence-electron chi connectivity index (χ3n) is 4.43. The van der Waals surface area contributed by atoms with Crippen LogP contribution < -0.4 is 10.6 Å². The van der Waals surface area contributed by atoms with Crippen molar-refractivity contribution in [3.05, 3.63) is 64.7 Å². The molecule has 1 heterocycles. The molecule has 0 unspecified atom stereocenters. The first-order valence-corrected chi connectivity index (χ1v) is 9.13. The molecule has 150 valence electrons. The van der Waals surface area contributed by atoms with Gasteiger partial charge in [-0.3, -0.25) is 14.5 Å². The zero-order valence-electron chi connectivity index (χ0n) is 16.1. The Hall–Kier alpha value is -3.68. The van der Waals surface area contributed by atoms with E-state index < -0.39 is 12.0 Å². The van der Waals surface area contributed by atoms with E-state index in [1.165, 1.54) is 29.2 Å². The molecular formula is C21H21N3O5. The molecule has 0 radical (unpaired) electrons. The summed E-state index contributed by atoms with van der Waals surface area (Å²) in [5, 5.41) is 14.2. The second kappa shape index (κ2) is 8.14. The van der Waals surface area contributed by atoms with Crippen molar-refractivity contribution in [1.82, 2.24) is 10.2 Å². The Bertz CT molecular complexity index is 982. The second-order valence-electron chi connectivity index (χ2n) is 7.18. The van der Waals surface area contributed by atoms with Crippen LogP contribution in [-0.4, -0.2) is 40.4 Å². The molecule has 0 aliphatic carbocycles. The van der Waals surface area contributed by atoms with E-state index in [2.05, 4.69) is 10.6 Å². The number of nitrogens with one attached hydrogen (secondary N) is 2. The predicted molar refractivity (Wildman–Crippen MR) is 106 cm³/mol. The van der Waals surface area contributed by atoms with Gasteiger partial charge < -0.3 is 15.7 Å². The summed E-state index contributed by atoms with van der Waals surface area (Å²) in [6.45, 7) is 4.40. The Morgan fingerprint density at radius 3 is 2.28 bits per heavy atom. The Morgan fingerprint density at radius 2 is 1.66 bits per heavy atom. The van der Waals surface area contributed by atoms with Crippen LogP contribution in [0.3, 0.4) is 0 Å². The minimum absolute atomic E-state index is 0.158. The lowest BCUT2D eigenvalue weighted by atomic mass is 10.1. The van der Waals surface area contributed by atoms with Crippen molar-refractivity contribution in [2.45, 2.75) is 20.4 Å². The summed E-state index contributed by atoms with van der Waals surface area (Å²) in [4.78, 5) is 49.1. The smallest absolute Gasteiger partial charge is 0.335 e. The molecule has 2 aromatic rings. The Labute approximate surface area is 167 Å². The number of carboxylic acids is 1. The monoisotopic (exact) mass is 395 g/mol. The standard InChI is InChI=1S/C21H21N3O5/c1-12(2)11-24-18(25)16-8-7-15(9-17(16)19(24)26)23-21(29)22-10-13-3-5-14(6-4-13)20(27)28/h3-9,12H,10-11H2,1-2H3,(H,27,28)(H2,22,23,29). The van der Waals surface area contributed by atoms with E-state index in [9.17, 15) is 19.2 Å². The summed E-state index contributed by atoms with van der Waals surface area (Å²) < 4.78 is 0. The molecule has 1 aliphatic heterocycles. The molecule has 0 aromatic heterocycles. The zero-order valence-corrected chi connectivity index (χ0v) is 16.1. The van der Waals surface area contributed by atoms with Crippen molar-refractivity contribution in [2.24, 2.45) is 5.92 Å². The fraction of sp³-hybridized carbons (Fsp3) is 0.238. The van der Waals surface area contributed by atoms with Gasteiger partial charge in [-0.1, -0.05) is 26.0 Å². The van der Waals surface area contributed by atoms with E-state index in [-0.39, 0.29) is 35.4 Å². The fourth-order valence-corrected chi connectivity index (χ4v) is 3.02. The highest BCUT2D eigenvalue weighted by atomic mass is 16.4. The van der Waals surface area contributed by atoms with Crippen molar-refractivity contribution in [3.63, 3.8) is 0 Å². The van der Waals surface area contributed by atoms with Crippen molar-refractivity contribution in [3.8, 4) is 0 Å². The van der Waals surface area contributed by atoms with Gasteiger partial charge in [0.05, 0.1) is 16.7 Å². The first-order chi connectivity index (χ1) is 13.8. The van der Waals surface area contributed by atoms with Crippen LogP contribution in [0.4, 0.5) is 10.5 Å². The van der Waals surface area contributed by atoms with Crippen LogP contribution in [-0.2, 0) is 6.54 Å². The van der Waals surface area contributed by atoms with Gasteiger partial charge in [0, 0.05) is 18.8 Å². The SMILES string of the molecule is CC(C)CN1C(=O)c2ccc(NC(=O)NCc3ccc(C(=O)O)cc3)cc2C1=O. The van der Waals surface area contributed by atoms with Gasteiger partial charge in [0.1, 0.15) is 0 Å². The maximum Gasteiger partial charge on any atom is 0.335 e. The van der Waals surface area contributed by atoms with E-state index in [0.717, 1.165) is 5.56 Å². The van der Waals surface area contributed by atoms with Gasteiger partial charge in [-0.25, -0.2) is 9.59 Å². The normalized spacial score (nSPS) is 12.9. The fourth-order valence-electron chi connectivity index (χ4n) is 3.02. The number of amides is 4. The molecule has 8 heteroatoms. The topological polar surface area (TPSA) is 116 Å². The van der Waals surface area contributed by atoms with E-state index >= 15 is 0 Å². The van der Waals surface area contributed by atoms with E-state index in [1.54, 1.807) is 18.2 Å². The number of imide groups is 1. The van der Waals surface area contributed by atoms with Gasteiger partial charge in [0.2, 0.25) is 0 Å². The van der Waals surface area contributed by atoms with Crippen molar-refractivity contribution in [2.75, 3.05) is 11.9 Å². The van der Waals surface area contributed by atoms with E-state index in [4.69, 9.17) is 5.11 Å². The highest BCUT2D eigenvalue weighted by Gasteiger charge is 2.35. The largest absolute Gasteiger partial charge is 0.478 e. The number of rotatable bonds is 6. The van der Waals surface area contributed by atoms with Crippen LogP contribution in [0.2, 0.25) is 0 Å². The number of hydrogen-bond acceptors (Lipinski definition) is 4. The van der Waals surface area contributed by atoms with Crippen LogP contribution >= 0.6 is 0 Å². The van der Waals surface area contributed by atoms with Crippen molar-refractivity contribution >= 4 is 29.5 Å². The summed E-state index contributed by atoms with van der Waals surface area (Å²) in [7, 11) is 0. The Kier molecular flexibility index (Phi) is 5.63. The molecular weight excluding hydrogens is 374 g/mol. The summed E-state index contributed by atoms with van der Waals surface area (Å²) in [5.74, 6) is -1.54. The number of benzene rings is 2. The van der Waals surface area contributed by atoms with Gasteiger partial charge in [-0.2, -0.15) is 0 Å². The molecule has 0 spiro atoms. The first-order valence-electron chi connectivity index (χ1n) is 9.13. The molecule has 2 aromatic carbocycles. The first kappa shape index (κ1) is 20.1. The summed E-state index contributed by atoms with van der Waals surface area (Å²) in [6, 6.07) is 10.3. The third kappa shape index (κ3) is 4.43. The number of hydrogen-bond donors (Lipinski definition) is 3. The molecule has 0 bridgehead atoms. The molecule has 0 saturated carbocycles. The van der Waals surface area contributed by atoms with Crippen LogP contribution in [0.1, 0.15) is 50.5 Å². The number of carbonyl (C=O) groups excluding carboxylic acids is 3. The minimum Gasteiger partial charge on any atom is -0.478 e. The molecule has 0 saturated heterocycles. The molecule has 3 N–H and O–H groups in total. The molecule has 4 amide bonds. The maximum absolute atomic E-state index is 12.5. The highest BCUT2D eigenvalue weighted by molar-refractivity contribution is 6.21. The van der Waals surface area contributed by atoms with Crippen LogP contribution in [0.25, 0.3) is 0 Å². The number of anilines is 1. The van der Waals surface area contributed by atoms with E-state index in [0.29, 0.717) is 17.8 Å². The highest BCUT2D eigenvalue weighted by Crippen LogP contribution is 2.26. The number of urea groups is 1. The third-order valence-corrected chi connectivity index (χ3v) is 4.43. The summed E-state index contributed by atoms with van der Waals surface area (Å²) in [6.07, 6.45) is 0. The average Bonchev–Trinajstić information content (AvgIpc) is 2.91. The zero-order chi connectivity index (χ0) is 21.1. The number of nitrogens with zero attached hydrogens (tertiary/aromatic N) is 1. The number of carboxylic acid groups (broad SMARTS) is 1. The predicted octanol–water partition coefficient (Wildman–Crippen LogP) is 2.96. The van der Waals surface area contributed by atoms with E-state index in [1.807, 2.05) is 13.8 Å². The van der Waals surface area contributed by atoms with Crippen molar-refractivity contribution < 1.29 is 24.3 Å². The Morgan fingerprint density at radius 1 is 1.00 bits per heavy atom. The number of carbonyl (C=O) groups is 4. The molecule has 1 aliphatic rings. The quantitative estimate of drug-likeness (QED) is 0.651. The minimum atomic E-state index is -1.01. The lowest BCUT2D eigenvalue weighted by molar-refractivity contribution is 0.0633. The van der Waals surface area contributed by atoms with Gasteiger partial charge in [-0.15, -0.1) is 0 Å². The maximum atomic E-state index is 12.5. The molecule has 0 atom stereocenters. The number of fused-ring (bicyclic) bond motifs is 1. The lowest BCUT2D eigenvalue weighted by Crippen LogP contribution is -2.33. The molecule has 29 heavy (non-hydrogen) atoms. The van der Waals surface area contributed by atoms with Gasteiger partial charge in [0.25, 0.3) is 11.8 Å². The number of aromatic carboxylic acids is 1. The van der Waals surface area contributed by atoms with Crippen LogP contribution in [0, 0.1) is 5.92 Å². The van der Waals surface area contributed by atoms with Crippen molar-refractivity contribution in [1.29, 1.82) is 0 Å². The molecule has 0 fully saturated rings. The second-order valence-corrected chi connectivity index (χ2v) is 7.18. The molecule has 8 nitrogen and oxygen atoms in total. The summed E-state index contributed by atoms with van der Waals surface area (Å²) >= 11 is 0. The molecule has 3 rings (SSSR count). The van der Waals surface area contributed by atoms with Gasteiger partial charge in [-0.05, 0) is 41.8 Å². The Balaban J connectivity index is 1.62. The van der Waals surface area contributed by atoms with Crippen LogP contribution in [0.5, 0.6) is 0 Å². The average molecular weight is 395 g/mol. The lowest BCUT2D eigenvalue weighted by Gasteiger charge is -2.15. The summed E-state index contributed by atoms with van der Waals surface area (Å²) in [5.41, 5.74) is 1.92. The van der Waals surface area contributed by atoms with Crippen LogP contribution in [0.15, 0.2) is 42.5 Å².